The van der Waals surface area contributed by atoms with Gasteiger partial charge in [0.15, 0.2) is 5.13 Å². The van der Waals surface area contributed by atoms with Gasteiger partial charge in [0.25, 0.3) is 0 Å². The molecule has 0 bridgehead atoms. The van der Waals surface area contributed by atoms with Crippen LogP contribution in [0, 0.1) is 5.92 Å². The Morgan fingerprint density at radius 2 is 2.10 bits per heavy atom. The normalized spacial score (nSPS) is 25.6. The van der Waals surface area contributed by atoms with Crippen molar-refractivity contribution in [2.75, 3.05) is 18.0 Å². The van der Waals surface area contributed by atoms with Crippen LogP contribution >= 0.6 is 11.3 Å². The Labute approximate surface area is 133 Å². The molecule has 1 aromatic rings. The monoisotopic (exact) mass is 307 g/mol. The second-order valence-electron chi connectivity index (χ2n) is 6.83. The average Bonchev–Trinajstić information content (AvgIpc) is 3.11. The van der Waals surface area contributed by atoms with Gasteiger partial charge in [0.2, 0.25) is 0 Å². The Kier molecular flexibility index (Phi) is 4.85. The number of thiazole rings is 1. The number of fused-ring (bicyclic) bond motifs is 1. The fourth-order valence-corrected chi connectivity index (χ4v) is 5.25. The first kappa shape index (κ1) is 15.3. The molecule has 0 spiro atoms. The standard InChI is InChI=1S/C17H29N3S/c1-4-18-11-15-16(12(2)3)19-17(21-15)20-10-6-8-13-7-5-9-14(13)20/h12-14,18H,4-11H2,1-3H3. The molecule has 1 aliphatic heterocycles. The van der Waals surface area contributed by atoms with E-state index < -0.39 is 0 Å². The highest BCUT2D eigenvalue weighted by molar-refractivity contribution is 7.15. The SMILES string of the molecule is CCNCc1sc(N2CCCC3CCCC32)nc1C(C)C. The highest BCUT2D eigenvalue weighted by Crippen LogP contribution is 2.41. The van der Waals surface area contributed by atoms with Gasteiger partial charge in [-0.05, 0) is 44.1 Å². The third-order valence-corrected chi connectivity index (χ3v) is 6.15. The summed E-state index contributed by atoms with van der Waals surface area (Å²) < 4.78 is 0. The van der Waals surface area contributed by atoms with Crippen LogP contribution in [0.15, 0.2) is 0 Å². The second kappa shape index (κ2) is 6.66. The summed E-state index contributed by atoms with van der Waals surface area (Å²) in [5, 5.41) is 4.77. The van der Waals surface area contributed by atoms with Crippen molar-refractivity contribution < 1.29 is 0 Å². The Bertz CT molecular complexity index is 469. The number of aromatic nitrogens is 1. The lowest BCUT2D eigenvalue weighted by Gasteiger charge is -2.37. The van der Waals surface area contributed by atoms with Crippen LogP contribution < -0.4 is 10.2 Å². The third-order valence-electron chi connectivity index (χ3n) is 5.04. The van der Waals surface area contributed by atoms with Crippen LogP contribution in [-0.2, 0) is 6.54 Å². The van der Waals surface area contributed by atoms with Crippen molar-refractivity contribution >= 4 is 16.5 Å². The van der Waals surface area contributed by atoms with Crippen LogP contribution in [0.5, 0.6) is 0 Å². The summed E-state index contributed by atoms with van der Waals surface area (Å²) in [5.74, 6) is 1.45. The number of hydrogen-bond acceptors (Lipinski definition) is 4. The third kappa shape index (κ3) is 3.11. The maximum atomic E-state index is 5.05. The molecule has 1 aliphatic carbocycles. The molecule has 0 amide bonds. The molecule has 0 radical (unpaired) electrons. The summed E-state index contributed by atoms with van der Waals surface area (Å²) in [6.45, 7) is 9.92. The smallest absolute Gasteiger partial charge is 0.186 e. The first-order chi connectivity index (χ1) is 10.2. The van der Waals surface area contributed by atoms with Gasteiger partial charge < -0.3 is 10.2 Å². The van der Waals surface area contributed by atoms with Crippen molar-refractivity contribution in [2.45, 2.75) is 71.4 Å². The number of anilines is 1. The number of rotatable bonds is 5. The van der Waals surface area contributed by atoms with Crippen molar-refractivity contribution in [1.82, 2.24) is 10.3 Å². The molecular weight excluding hydrogens is 278 g/mol. The lowest BCUT2D eigenvalue weighted by molar-refractivity contribution is 0.362. The fourth-order valence-electron chi connectivity index (χ4n) is 3.98. The minimum atomic E-state index is 0.521. The van der Waals surface area contributed by atoms with Gasteiger partial charge in [0.1, 0.15) is 0 Å². The van der Waals surface area contributed by atoms with Crippen LogP contribution in [0.25, 0.3) is 0 Å². The summed E-state index contributed by atoms with van der Waals surface area (Å²) in [6, 6.07) is 0.775. The summed E-state index contributed by atoms with van der Waals surface area (Å²) in [6.07, 6.45) is 7.02. The molecular formula is C17H29N3S. The summed E-state index contributed by atoms with van der Waals surface area (Å²) >= 11 is 1.94. The van der Waals surface area contributed by atoms with Crippen molar-refractivity contribution in [2.24, 2.45) is 5.92 Å². The molecule has 1 aromatic heterocycles. The lowest BCUT2D eigenvalue weighted by Crippen LogP contribution is -2.42. The minimum Gasteiger partial charge on any atom is -0.345 e. The summed E-state index contributed by atoms with van der Waals surface area (Å²) in [4.78, 5) is 9.14. The molecule has 0 aromatic carbocycles. The van der Waals surface area contributed by atoms with E-state index in [-0.39, 0.29) is 0 Å². The van der Waals surface area contributed by atoms with E-state index in [2.05, 4.69) is 31.0 Å². The molecule has 2 heterocycles. The molecule has 2 unspecified atom stereocenters. The first-order valence-electron chi connectivity index (χ1n) is 8.67. The van der Waals surface area contributed by atoms with E-state index >= 15 is 0 Å². The molecule has 1 N–H and O–H groups in total. The molecule has 4 heteroatoms. The maximum Gasteiger partial charge on any atom is 0.186 e. The Morgan fingerprint density at radius 1 is 1.29 bits per heavy atom. The van der Waals surface area contributed by atoms with Gasteiger partial charge in [-0.15, -0.1) is 11.3 Å². The van der Waals surface area contributed by atoms with E-state index in [1.54, 1.807) is 0 Å². The van der Waals surface area contributed by atoms with Crippen LogP contribution in [0.3, 0.4) is 0 Å². The van der Waals surface area contributed by atoms with E-state index in [1.165, 1.54) is 54.4 Å². The molecule has 3 rings (SSSR count). The first-order valence-corrected chi connectivity index (χ1v) is 9.49. The molecule has 118 valence electrons. The molecule has 2 aliphatic rings. The highest BCUT2D eigenvalue weighted by atomic mass is 32.1. The van der Waals surface area contributed by atoms with E-state index in [4.69, 9.17) is 4.98 Å². The Hall–Kier alpha value is -0.610. The van der Waals surface area contributed by atoms with Gasteiger partial charge in [-0.25, -0.2) is 4.98 Å². The second-order valence-corrected chi connectivity index (χ2v) is 7.90. The molecule has 21 heavy (non-hydrogen) atoms. The van der Waals surface area contributed by atoms with Gasteiger partial charge in [0.05, 0.1) is 5.69 Å². The Morgan fingerprint density at radius 3 is 2.86 bits per heavy atom. The van der Waals surface area contributed by atoms with Gasteiger partial charge in [-0.1, -0.05) is 27.2 Å². The van der Waals surface area contributed by atoms with Crippen LogP contribution in [0.1, 0.15) is 69.4 Å². The van der Waals surface area contributed by atoms with Gasteiger partial charge in [-0.3, -0.25) is 0 Å². The van der Waals surface area contributed by atoms with Crippen molar-refractivity contribution in [3.05, 3.63) is 10.6 Å². The minimum absolute atomic E-state index is 0.521. The summed E-state index contributed by atoms with van der Waals surface area (Å²) in [5.41, 5.74) is 1.32. The topological polar surface area (TPSA) is 28.2 Å². The molecule has 1 saturated carbocycles. The summed E-state index contributed by atoms with van der Waals surface area (Å²) in [7, 11) is 0. The van der Waals surface area contributed by atoms with Gasteiger partial charge in [-0.2, -0.15) is 0 Å². The van der Waals surface area contributed by atoms with Crippen LogP contribution in [0.2, 0.25) is 0 Å². The number of hydrogen-bond donors (Lipinski definition) is 1. The van der Waals surface area contributed by atoms with Crippen molar-refractivity contribution in [1.29, 1.82) is 0 Å². The van der Waals surface area contributed by atoms with Crippen LogP contribution in [0.4, 0.5) is 5.13 Å². The average molecular weight is 308 g/mol. The van der Waals surface area contributed by atoms with E-state index in [1.807, 2.05) is 11.3 Å². The van der Waals surface area contributed by atoms with E-state index in [0.29, 0.717) is 5.92 Å². The van der Waals surface area contributed by atoms with Crippen molar-refractivity contribution in [3.63, 3.8) is 0 Å². The number of nitrogens with one attached hydrogen (secondary N) is 1. The molecule has 1 saturated heterocycles. The van der Waals surface area contributed by atoms with Gasteiger partial charge in [0, 0.05) is 24.0 Å². The Balaban J connectivity index is 1.83. The fraction of sp³-hybridized carbons (Fsp3) is 0.824. The van der Waals surface area contributed by atoms with Crippen LogP contribution in [-0.4, -0.2) is 24.1 Å². The van der Waals surface area contributed by atoms with E-state index in [0.717, 1.165) is 25.0 Å². The highest BCUT2D eigenvalue weighted by Gasteiger charge is 2.36. The van der Waals surface area contributed by atoms with Crippen molar-refractivity contribution in [3.8, 4) is 0 Å². The zero-order valence-corrected chi connectivity index (χ0v) is 14.5. The lowest BCUT2D eigenvalue weighted by atomic mass is 9.92. The van der Waals surface area contributed by atoms with Gasteiger partial charge >= 0.3 is 0 Å². The molecule has 2 fully saturated rings. The predicted octanol–water partition coefficient (Wildman–Crippen LogP) is 4.14. The maximum absolute atomic E-state index is 5.05. The molecule has 3 nitrogen and oxygen atoms in total. The zero-order chi connectivity index (χ0) is 14.8. The van der Waals surface area contributed by atoms with E-state index in [9.17, 15) is 0 Å². The number of piperidine rings is 1. The predicted molar refractivity (Wildman–Crippen MR) is 91.3 cm³/mol. The molecule has 2 atom stereocenters. The number of nitrogens with zero attached hydrogens (tertiary/aromatic N) is 2. The zero-order valence-electron chi connectivity index (χ0n) is 13.7. The largest absolute Gasteiger partial charge is 0.345 e. The quantitative estimate of drug-likeness (QED) is 0.886.